The van der Waals surface area contributed by atoms with Gasteiger partial charge in [0, 0.05) is 35.9 Å². The number of hydrogen-bond donors (Lipinski definition) is 1. The summed E-state index contributed by atoms with van der Waals surface area (Å²) >= 11 is 1.40. The van der Waals surface area contributed by atoms with Gasteiger partial charge >= 0.3 is 0 Å². The fraction of sp³-hybridized carbons (Fsp3) is 0.500. The fourth-order valence-corrected chi connectivity index (χ4v) is 4.32. The molecule has 1 saturated heterocycles. The van der Waals surface area contributed by atoms with Crippen LogP contribution in [0.4, 0.5) is 5.13 Å². The summed E-state index contributed by atoms with van der Waals surface area (Å²) < 4.78 is 0. The molecule has 0 spiro atoms. The molecular weight excluding hydrogens is 350 g/mol. The van der Waals surface area contributed by atoms with E-state index in [9.17, 15) is 9.59 Å². The van der Waals surface area contributed by atoms with Gasteiger partial charge in [0.25, 0.3) is 0 Å². The monoisotopic (exact) mass is 371 g/mol. The van der Waals surface area contributed by atoms with Crippen LogP contribution in [0.2, 0.25) is 0 Å². The van der Waals surface area contributed by atoms with Crippen molar-refractivity contribution in [1.82, 2.24) is 20.3 Å². The van der Waals surface area contributed by atoms with Crippen LogP contribution in [0.15, 0.2) is 11.6 Å². The van der Waals surface area contributed by atoms with Crippen LogP contribution in [-0.2, 0) is 29.0 Å². The van der Waals surface area contributed by atoms with Crippen molar-refractivity contribution in [3.63, 3.8) is 0 Å². The average Bonchev–Trinajstić information content (AvgIpc) is 3.29. The summed E-state index contributed by atoms with van der Waals surface area (Å²) in [6.45, 7) is 2.69. The van der Waals surface area contributed by atoms with Crippen LogP contribution in [0.5, 0.6) is 0 Å². The van der Waals surface area contributed by atoms with E-state index in [0.29, 0.717) is 24.0 Å². The molecule has 2 aromatic rings. The van der Waals surface area contributed by atoms with Crippen molar-refractivity contribution in [3.8, 4) is 0 Å². The third-order valence-electron chi connectivity index (χ3n) is 5.00. The lowest BCUT2D eigenvalue weighted by Crippen LogP contribution is -2.33. The van der Waals surface area contributed by atoms with Gasteiger partial charge in [0.05, 0.1) is 12.5 Å². The predicted molar refractivity (Wildman–Crippen MR) is 97.8 cm³/mol. The quantitative estimate of drug-likeness (QED) is 0.885. The van der Waals surface area contributed by atoms with E-state index in [0.717, 1.165) is 30.7 Å². The van der Waals surface area contributed by atoms with E-state index in [4.69, 9.17) is 0 Å². The van der Waals surface area contributed by atoms with Gasteiger partial charge in [-0.15, -0.1) is 11.3 Å². The van der Waals surface area contributed by atoms with E-state index >= 15 is 0 Å². The molecule has 1 aliphatic carbocycles. The Bertz CT molecular complexity index is 836. The van der Waals surface area contributed by atoms with Gasteiger partial charge in [-0.1, -0.05) is 0 Å². The second-order valence-corrected chi connectivity index (χ2v) is 7.67. The highest BCUT2D eigenvalue weighted by atomic mass is 32.1. The van der Waals surface area contributed by atoms with Crippen LogP contribution in [0, 0.1) is 12.8 Å². The Kier molecular flexibility index (Phi) is 4.67. The number of fused-ring (bicyclic) bond motifs is 1. The maximum absolute atomic E-state index is 12.5. The number of rotatable bonds is 4. The van der Waals surface area contributed by atoms with Crippen molar-refractivity contribution in [2.75, 3.05) is 11.4 Å². The Morgan fingerprint density at radius 1 is 1.35 bits per heavy atom. The highest BCUT2D eigenvalue weighted by molar-refractivity contribution is 7.13. The first kappa shape index (κ1) is 17.1. The number of aryl methyl sites for hydroxylation is 2. The molecule has 8 heteroatoms. The van der Waals surface area contributed by atoms with Crippen LogP contribution in [0.3, 0.4) is 0 Å². The van der Waals surface area contributed by atoms with Crippen LogP contribution < -0.4 is 10.2 Å². The molecule has 1 unspecified atom stereocenters. The zero-order chi connectivity index (χ0) is 18.1. The van der Waals surface area contributed by atoms with Crippen LogP contribution in [0.1, 0.15) is 42.0 Å². The van der Waals surface area contributed by atoms with E-state index in [1.807, 2.05) is 12.3 Å². The topological polar surface area (TPSA) is 88.1 Å². The summed E-state index contributed by atoms with van der Waals surface area (Å²) in [7, 11) is 0. The lowest BCUT2D eigenvalue weighted by molar-refractivity contribution is -0.126. The maximum Gasteiger partial charge on any atom is 0.229 e. The molecule has 2 aliphatic rings. The highest BCUT2D eigenvalue weighted by Crippen LogP contribution is 2.27. The molecule has 2 aromatic heterocycles. The SMILES string of the molecule is Cc1nc(CNC(=O)C2CC(=O)N(c3nccs3)C2)nc2c1CCCC2. The highest BCUT2D eigenvalue weighted by Gasteiger charge is 2.36. The Morgan fingerprint density at radius 3 is 3.00 bits per heavy atom. The second-order valence-electron chi connectivity index (χ2n) is 6.80. The number of nitrogens with zero attached hydrogens (tertiary/aromatic N) is 4. The van der Waals surface area contributed by atoms with Crippen molar-refractivity contribution in [1.29, 1.82) is 0 Å². The van der Waals surface area contributed by atoms with Gasteiger partial charge in [0.15, 0.2) is 5.13 Å². The average molecular weight is 371 g/mol. The van der Waals surface area contributed by atoms with Crippen molar-refractivity contribution in [2.45, 2.75) is 45.6 Å². The van der Waals surface area contributed by atoms with Gasteiger partial charge in [0.1, 0.15) is 5.82 Å². The molecule has 1 atom stereocenters. The summed E-state index contributed by atoms with van der Waals surface area (Å²) in [5, 5.41) is 5.38. The number of carbonyl (C=O) groups excluding carboxylic acids is 2. The van der Waals surface area contributed by atoms with Gasteiger partial charge in [-0.3, -0.25) is 14.5 Å². The Morgan fingerprint density at radius 2 is 2.19 bits per heavy atom. The van der Waals surface area contributed by atoms with Gasteiger partial charge in [0.2, 0.25) is 11.8 Å². The number of amides is 2. The number of nitrogens with one attached hydrogen (secondary N) is 1. The lowest BCUT2D eigenvalue weighted by atomic mass is 9.95. The molecule has 2 amide bonds. The Labute approximate surface area is 155 Å². The molecular formula is C18H21N5O2S. The maximum atomic E-state index is 12.5. The summed E-state index contributed by atoms with van der Waals surface area (Å²) in [6, 6.07) is 0. The minimum atomic E-state index is -0.356. The summed E-state index contributed by atoms with van der Waals surface area (Å²) in [6.07, 6.45) is 6.26. The molecule has 0 saturated carbocycles. The first-order valence-electron chi connectivity index (χ1n) is 8.94. The first-order valence-corrected chi connectivity index (χ1v) is 9.82. The van der Waals surface area contributed by atoms with Gasteiger partial charge < -0.3 is 5.32 Å². The van der Waals surface area contributed by atoms with Crippen LogP contribution in [-0.4, -0.2) is 33.3 Å². The van der Waals surface area contributed by atoms with E-state index in [1.54, 1.807) is 11.1 Å². The third-order valence-corrected chi connectivity index (χ3v) is 5.80. The molecule has 0 radical (unpaired) electrons. The van der Waals surface area contributed by atoms with Crippen molar-refractivity contribution in [3.05, 3.63) is 34.4 Å². The molecule has 1 N–H and O–H groups in total. The van der Waals surface area contributed by atoms with E-state index in [-0.39, 0.29) is 24.2 Å². The van der Waals surface area contributed by atoms with Crippen molar-refractivity contribution in [2.24, 2.45) is 5.92 Å². The smallest absolute Gasteiger partial charge is 0.229 e. The predicted octanol–water partition coefficient (Wildman–Crippen LogP) is 1.79. The number of carbonyl (C=O) groups is 2. The zero-order valence-electron chi connectivity index (χ0n) is 14.7. The Balaban J connectivity index is 1.39. The van der Waals surface area contributed by atoms with E-state index in [2.05, 4.69) is 20.3 Å². The van der Waals surface area contributed by atoms with Crippen molar-refractivity contribution >= 4 is 28.3 Å². The van der Waals surface area contributed by atoms with E-state index in [1.165, 1.54) is 23.3 Å². The number of hydrogen-bond acceptors (Lipinski definition) is 6. The number of aromatic nitrogens is 3. The number of thiazole rings is 1. The van der Waals surface area contributed by atoms with Crippen LogP contribution >= 0.6 is 11.3 Å². The summed E-state index contributed by atoms with van der Waals surface area (Å²) in [4.78, 5) is 39.6. The standard InChI is InChI=1S/C18H21N5O2S/c1-11-13-4-2-3-5-14(13)22-15(21-11)9-20-17(25)12-8-16(24)23(10-12)18-19-6-7-26-18/h6-7,12H,2-5,8-10H2,1H3,(H,20,25). The minimum absolute atomic E-state index is 0.0547. The third kappa shape index (κ3) is 3.33. The minimum Gasteiger partial charge on any atom is -0.348 e. The normalized spacial score (nSPS) is 19.5. The zero-order valence-corrected chi connectivity index (χ0v) is 15.5. The van der Waals surface area contributed by atoms with Crippen molar-refractivity contribution < 1.29 is 9.59 Å². The molecule has 26 heavy (non-hydrogen) atoms. The van der Waals surface area contributed by atoms with Crippen LogP contribution in [0.25, 0.3) is 0 Å². The van der Waals surface area contributed by atoms with Gasteiger partial charge in [-0.05, 0) is 38.2 Å². The second kappa shape index (κ2) is 7.11. The summed E-state index contributed by atoms with van der Waals surface area (Å²) in [5.41, 5.74) is 3.41. The largest absolute Gasteiger partial charge is 0.348 e. The molecule has 0 aromatic carbocycles. The molecule has 0 bridgehead atoms. The van der Waals surface area contributed by atoms with E-state index < -0.39 is 0 Å². The molecule has 136 valence electrons. The number of anilines is 1. The molecule has 7 nitrogen and oxygen atoms in total. The summed E-state index contributed by atoms with van der Waals surface area (Å²) in [5.74, 6) is 0.111. The molecule has 4 rings (SSSR count). The molecule has 1 fully saturated rings. The fourth-order valence-electron chi connectivity index (χ4n) is 3.65. The lowest BCUT2D eigenvalue weighted by Gasteiger charge is -2.18. The first-order chi connectivity index (χ1) is 12.6. The molecule has 1 aliphatic heterocycles. The van der Waals surface area contributed by atoms with Gasteiger partial charge in [-0.2, -0.15) is 0 Å². The molecule has 3 heterocycles. The van der Waals surface area contributed by atoms with Gasteiger partial charge in [-0.25, -0.2) is 15.0 Å². The Hall–Kier alpha value is -2.35.